The number of nitrogens with zero attached hydrogens (tertiary/aromatic N) is 5. The van der Waals surface area contributed by atoms with E-state index in [4.69, 9.17) is 15.1 Å². The molecule has 0 aliphatic carbocycles. The fraction of sp³-hybridized carbons (Fsp3) is 0.246. The van der Waals surface area contributed by atoms with Crippen LogP contribution < -0.4 is 0 Å². The highest BCUT2D eigenvalue weighted by Gasteiger charge is 2.27. The number of fused-ring (bicyclic) bond motifs is 6. The van der Waals surface area contributed by atoms with Gasteiger partial charge in [0.05, 0.1) is 27.9 Å². The highest BCUT2D eigenvalue weighted by molar-refractivity contribution is 6.12. The van der Waals surface area contributed by atoms with Gasteiger partial charge in [0.1, 0.15) is 17.2 Å². The second kappa shape index (κ2) is 14.9. The van der Waals surface area contributed by atoms with E-state index >= 15 is 0 Å². The van der Waals surface area contributed by atoms with Gasteiger partial charge in [0.15, 0.2) is 0 Å². The van der Waals surface area contributed by atoms with Crippen LogP contribution in [-0.2, 0) is 10.8 Å². The smallest absolute Gasteiger partial charge is 0.146 e. The summed E-state index contributed by atoms with van der Waals surface area (Å²) in [6.07, 6.45) is 1.95. The Morgan fingerprint density at radius 3 is 1.89 bits per heavy atom. The fourth-order valence-electron chi connectivity index (χ4n) is 9.52. The number of aromatic amines is 1. The van der Waals surface area contributed by atoms with Crippen molar-refractivity contribution in [3.63, 3.8) is 0 Å². The molecule has 314 valence electrons. The van der Waals surface area contributed by atoms with Crippen molar-refractivity contribution in [3.05, 3.63) is 162 Å². The molecule has 0 atom stereocenters. The third kappa shape index (κ3) is 6.75. The van der Waals surface area contributed by atoms with Gasteiger partial charge in [-0.2, -0.15) is 5.10 Å². The van der Waals surface area contributed by atoms with Gasteiger partial charge in [0, 0.05) is 44.6 Å². The number of hydrogen-bond donors (Lipinski definition) is 1. The largest absolute Gasteiger partial charge is 0.294 e. The van der Waals surface area contributed by atoms with Crippen molar-refractivity contribution in [1.82, 2.24) is 29.3 Å². The lowest BCUT2D eigenvalue weighted by Gasteiger charge is -2.21. The molecule has 0 saturated carbocycles. The Morgan fingerprint density at radius 2 is 1.17 bits per heavy atom. The second-order valence-electron chi connectivity index (χ2n) is 19.9. The first-order valence-electron chi connectivity index (χ1n) is 22.4. The van der Waals surface area contributed by atoms with Gasteiger partial charge in [0.25, 0.3) is 0 Å². The van der Waals surface area contributed by atoms with Crippen molar-refractivity contribution in [1.29, 1.82) is 0 Å². The van der Waals surface area contributed by atoms with E-state index in [1.807, 2.05) is 6.20 Å². The van der Waals surface area contributed by atoms with Crippen LogP contribution in [0.2, 0.25) is 0 Å². The predicted molar refractivity (Wildman–Crippen MR) is 265 cm³/mol. The lowest BCUT2D eigenvalue weighted by molar-refractivity contribution is 0.588. The molecule has 0 aliphatic rings. The van der Waals surface area contributed by atoms with Gasteiger partial charge in [-0.15, -0.1) is 0 Å². The predicted octanol–water partition coefficient (Wildman–Crippen LogP) is 15.2. The number of hydrogen-bond acceptors (Lipinski definition) is 3. The van der Waals surface area contributed by atoms with E-state index in [1.54, 1.807) is 0 Å². The third-order valence-corrected chi connectivity index (χ3v) is 12.9. The topological polar surface area (TPSA) is 64.3 Å². The van der Waals surface area contributed by atoms with Crippen LogP contribution in [0.15, 0.2) is 140 Å². The standard InChI is InChI=1S/C57H56N6/c1-34(2)40-20-16-21-41(35(3)4)51(40)52-53(36-17-12-11-13-18-36)60-61-54(52)46-27-26-44-45-31-37(56(5,6)7)23-28-48(45)62(55(44)59-46)39-24-25-43-42-19-14-15-22-47(42)63(49(43)33-39)50-32-38(29-30-58-50)57(8,9)10/h11-35H,1-10H3,(H,60,61). The molecule has 10 aromatic rings. The van der Waals surface area contributed by atoms with Crippen molar-refractivity contribution < 1.29 is 0 Å². The van der Waals surface area contributed by atoms with Gasteiger partial charge in [-0.3, -0.25) is 14.2 Å². The normalized spacial score (nSPS) is 12.6. The lowest BCUT2D eigenvalue weighted by Crippen LogP contribution is -2.12. The summed E-state index contributed by atoms with van der Waals surface area (Å²) in [7, 11) is 0. The molecule has 0 radical (unpaired) electrons. The Kier molecular flexibility index (Phi) is 9.56. The first kappa shape index (κ1) is 40.3. The van der Waals surface area contributed by atoms with E-state index in [-0.39, 0.29) is 10.8 Å². The van der Waals surface area contributed by atoms with E-state index in [9.17, 15) is 0 Å². The molecular weight excluding hydrogens is 769 g/mol. The molecule has 10 rings (SSSR count). The van der Waals surface area contributed by atoms with Gasteiger partial charge in [-0.25, -0.2) is 9.97 Å². The van der Waals surface area contributed by atoms with Crippen LogP contribution in [0.4, 0.5) is 0 Å². The Morgan fingerprint density at radius 1 is 0.524 bits per heavy atom. The van der Waals surface area contributed by atoms with Gasteiger partial charge in [-0.1, -0.05) is 148 Å². The molecule has 5 aromatic heterocycles. The van der Waals surface area contributed by atoms with Crippen LogP contribution in [-0.4, -0.2) is 29.3 Å². The number of rotatable bonds is 7. The minimum absolute atomic E-state index is 0.0243. The molecule has 0 amide bonds. The maximum atomic E-state index is 5.71. The molecule has 63 heavy (non-hydrogen) atoms. The molecule has 0 unspecified atom stereocenters. The number of H-pyrrole nitrogens is 1. The van der Waals surface area contributed by atoms with Crippen molar-refractivity contribution in [2.75, 3.05) is 0 Å². The SMILES string of the molecule is CC(C)c1cccc(C(C)C)c1-c1c(-c2ccccc2)n[nH]c1-c1ccc2c3cc(C(C)(C)C)ccc3n(-c3ccc4c5ccccc5n(-c5cc(C(C)(C)C)ccn5)c4c3)c2n1. The Balaban J connectivity index is 1.27. The molecule has 6 nitrogen and oxygen atoms in total. The van der Waals surface area contributed by atoms with Crippen LogP contribution in [0.25, 0.3) is 89.0 Å². The van der Waals surface area contributed by atoms with Crippen molar-refractivity contribution in [2.24, 2.45) is 0 Å². The summed E-state index contributed by atoms with van der Waals surface area (Å²) in [4.78, 5) is 10.7. The average molecular weight is 825 g/mol. The summed E-state index contributed by atoms with van der Waals surface area (Å²) >= 11 is 0. The van der Waals surface area contributed by atoms with E-state index < -0.39 is 0 Å². The number of aromatic nitrogens is 6. The summed E-state index contributed by atoms with van der Waals surface area (Å²) in [5, 5.41) is 13.3. The van der Waals surface area contributed by atoms with Crippen LogP contribution in [0.5, 0.6) is 0 Å². The van der Waals surface area contributed by atoms with Gasteiger partial charge < -0.3 is 0 Å². The van der Waals surface area contributed by atoms with Crippen LogP contribution in [0, 0.1) is 0 Å². The zero-order valence-corrected chi connectivity index (χ0v) is 38.2. The highest BCUT2D eigenvalue weighted by atomic mass is 15.1. The van der Waals surface area contributed by atoms with Crippen LogP contribution in [0.1, 0.15) is 103 Å². The molecule has 0 spiro atoms. The molecule has 0 aliphatic heterocycles. The number of para-hydroxylation sites is 1. The molecule has 0 fully saturated rings. The Labute approximate surface area is 370 Å². The number of pyridine rings is 2. The minimum atomic E-state index is -0.0268. The van der Waals surface area contributed by atoms with E-state index in [2.05, 4.69) is 217 Å². The molecule has 1 N–H and O–H groups in total. The monoisotopic (exact) mass is 824 g/mol. The Hall–Kier alpha value is -6.79. The van der Waals surface area contributed by atoms with E-state index in [0.717, 1.165) is 67.3 Å². The first-order chi connectivity index (χ1) is 30.2. The Bertz CT molecular complexity index is 3330. The maximum absolute atomic E-state index is 5.71. The number of benzene rings is 5. The molecule has 5 aromatic carbocycles. The molecule has 0 bridgehead atoms. The number of nitrogens with one attached hydrogen (secondary N) is 1. The molecule has 5 heterocycles. The van der Waals surface area contributed by atoms with Crippen molar-refractivity contribution in [2.45, 2.75) is 91.9 Å². The molecular formula is C57H56N6. The summed E-state index contributed by atoms with van der Waals surface area (Å²) in [6.45, 7) is 22.8. The molecule has 6 heteroatoms. The first-order valence-corrected chi connectivity index (χ1v) is 22.4. The maximum Gasteiger partial charge on any atom is 0.146 e. The van der Waals surface area contributed by atoms with Gasteiger partial charge in [-0.05, 0) is 105 Å². The zero-order valence-electron chi connectivity index (χ0n) is 38.2. The average Bonchev–Trinajstić information content (AvgIpc) is 3.95. The third-order valence-electron chi connectivity index (χ3n) is 12.9. The highest BCUT2D eigenvalue weighted by Crippen LogP contribution is 2.46. The van der Waals surface area contributed by atoms with Crippen LogP contribution in [0.3, 0.4) is 0 Å². The summed E-state index contributed by atoms with van der Waals surface area (Å²) in [5.74, 6) is 1.51. The quantitative estimate of drug-likeness (QED) is 0.174. The second-order valence-corrected chi connectivity index (χ2v) is 19.9. The summed E-state index contributed by atoms with van der Waals surface area (Å²) < 4.78 is 4.69. The molecule has 0 saturated heterocycles. The van der Waals surface area contributed by atoms with Crippen molar-refractivity contribution in [3.8, 4) is 45.3 Å². The fourth-order valence-corrected chi connectivity index (χ4v) is 9.52. The lowest BCUT2D eigenvalue weighted by atomic mass is 9.83. The van der Waals surface area contributed by atoms with Gasteiger partial charge >= 0.3 is 0 Å². The van der Waals surface area contributed by atoms with Crippen LogP contribution >= 0.6 is 0 Å². The summed E-state index contributed by atoms with van der Waals surface area (Å²) in [6, 6.07) is 48.6. The van der Waals surface area contributed by atoms with E-state index in [1.165, 1.54) is 44.0 Å². The summed E-state index contributed by atoms with van der Waals surface area (Å²) in [5.41, 5.74) is 16.4. The minimum Gasteiger partial charge on any atom is -0.294 e. The van der Waals surface area contributed by atoms with Crippen molar-refractivity contribution >= 4 is 43.7 Å². The van der Waals surface area contributed by atoms with Gasteiger partial charge in [0.2, 0.25) is 0 Å². The van der Waals surface area contributed by atoms with E-state index in [0.29, 0.717) is 11.8 Å². The zero-order chi connectivity index (χ0) is 43.9.